The minimum Gasteiger partial charge on any atom is -0.376 e. The number of hydrogen-bond donors (Lipinski definition) is 1. The average Bonchev–Trinajstić information content (AvgIpc) is 3.37. The summed E-state index contributed by atoms with van der Waals surface area (Å²) < 4.78 is 12.0. The fourth-order valence-corrected chi connectivity index (χ4v) is 5.24. The molecule has 3 saturated heterocycles. The van der Waals surface area contributed by atoms with E-state index < -0.39 is 0 Å². The Kier molecular flexibility index (Phi) is 8.83. The van der Waals surface area contributed by atoms with Crippen molar-refractivity contribution < 1.29 is 9.47 Å². The van der Waals surface area contributed by atoms with Crippen molar-refractivity contribution in [1.82, 2.24) is 15.1 Å². The number of piperidine rings is 1. The molecule has 0 saturated carbocycles. The Morgan fingerprint density at radius 3 is 2.47 bits per heavy atom. The number of ether oxygens (including phenoxy) is 2. The predicted molar refractivity (Wildman–Crippen MR) is 130 cm³/mol. The van der Waals surface area contributed by atoms with E-state index >= 15 is 0 Å². The molecule has 0 aliphatic carbocycles. The van der Waals surface area contributed by atoms with Crippen LogP contribution in [0.1, 0.15) is 62.1 Å². The number of hydrogen-bond acceptors (Lipinski definition) is 4. The van der Waals surface area contributed by atoms with Gasteiger partial charge >= 0.3 is 0 Å². The second-order valence-electron chi connectivity index (χ2n) is 9.61. The third-order valence-electron chi connectivity index (χ3n) is 7.24. The Hall–Kier alpha value is -1.63. The topological polar surface area (TPSA) is 49.3 Å². The van der Waals surface area contributed by atoms with Crippen LogP contribution in [0.3, 0.4) is 0 Å². The van der Waals surface area contributed by atoms with Crippen molar-refractivity contribution in [1.29, 1.82) is 0 Å². The summed E-state index contributed by atoms with van der Waals surface area (Å²) in [5.74, 6) is 1.02. The maximum atomic E-state index is 6.20. The number of guanidine groups is 1. The van der Waals surface area contributed by atoms with E-state index in [9.17, 15) is 0 Å². The number of likely N-dealkylation sites (tertiary alicyclic amines) is 2. The van der Waals surface area contributed by atoms with Gasteiger partial charge in [-0.25, -0.2) is 0 Å². The van der Waals surface area contributed by atoms with Crippen molar-refractivity contribution in [2.24, 2.45) is 4.99 Å². The highest BCUT2D eigenvalue weighted by Gasteiger charge is 2.26. The maximum absolute atomic E-state index is 6.20. The molecule has 6 heteroatoms. The van der Waals surface area contributed by atoms with E-state index in [4.69, 9.17) is 9.47 Å². The molecular weight excluding hydrogens is 400 g/mol. The highest BCUT2D eigenvalue weighted by atomic mass is 16.5. The molecule has 3 aliphatic rings. The molecule has 32 heavy (non-hydrogen) atoms. The number of nitrogens with zero attached hydrogens (tertiary/aromatic N) is 3. The summed E-state index contributed by atoms with van der Waals surface area (Å²) >= 11 is 0. The molecular formula is C26H42N4O2. The van der Waals surface area contributed by atoms with Gasteiger partial charge in [-0.2, -0.15) is 0 Å². The second-order valence-corrected chi connectivity index (χ2v) is 9.61. The number of aliphatic imine (C=N–C) groups is 1. The Morgan fingerprint density at radius 1 is 1.06 bits per heavy atom. The molecule has 3 fully saturated rings. The van der Waals surface area contributed by atoms with E-state index in [0.717, 1.165) is 58.1 Å². The summed E-state index contributed by atoms with van der Waals surface area (Å²) in [6.07, 6.45) is 8.99. The van der Waals surface area contributed by atoms with E-state index in [2.05, 4.69) is 51.3 Å². The third kappa shape index (κ3) is 6.46. The minimum atomic E-state index is 0.306. The molecule has 0 spiro atoms. The maximum Gasteiger partial charge on any atom is 0.193 e. The normalized spacial score (nSPS) is 24.6. The van der Waals surface area contributed by atoms with Gasteiger partial charge in [-0.1, -0.05) is 29.8 Å². The van der Waals surface area contributed by atoms with Crippen LogP contribution in [0.5, 0.6) is 0 Å². The molecule has 3 aliphatic heterocycles. The zero-order chi connectivity index (χ0) is 22.2. The standard InChI is InChI=1S/C26H42N4O2/c1-21-8-10-22(11-9-21)25(29-14-4-5-15-29)19-28-26(27-2)30-16-12-23(13-17-30)32-20-24-7-3-6-18-31-24/h8-11,23-25H,3-7,12-20H2,1-2H3,(H,27,28). The molecule has 0 amide bonds. The zero-order valence-corrected chi connectivity index (χ0v) is 20.1. The quantitative estimate of drug-likeness (QED) is 0.515. The molecule has 178 valence electrons. The van der Waals surface area contributed by atoms with Crippen LogP contribution in [-0.4, -0.2) is 81.0 Å². The molecule has 0 aromatic heterocycles. The summed E-state index contributed by atoms with van der Waals surface area (Å²) in [6.45, 7) is 9.07. The molecule has 0 radical (unpaired) electrons. The highest BCUT2D eigenvalue weighted by molar-refractivity contribution is 5.80. The van der Waals surface area contributed by atoms with Crippen LogP contribution < -0.4 is 5.32 Å². The van der Waals surface area contributed by atoms with Gasteiger partial charge in [0, 0.05) is 33.3 Å². The molecule has 4 rings (SSSR count). The Bertz CT molecular complexity index is 703. The van der Waals surface area contributed by atoms with Gasteiger partial charge in [0.05, 0.1) is 24.9 Å². The van der Waals surface area contributed by atoms with Gasteiger partial charge in [-0.15, -0.1) is 0 Å². The van der Waals surface area contributed by atoms with Crippen molar-refractivity contribution >= 4 is 5.96 Å². The molecule has 1 aromatic rings. The lowest BCUT2D eigenvalue weighted by Gasteiger charge is -2.36. The SMILES string of the molecule is CN=C(NCC(c1ccc(C)cc1)N1CCCC1)N1CCC(OCC2CCCCO2)CC1. The Labute approximate surface area is 194 Å². The van der Waals surface area contributed by atoms with Crippen LogP contribution in [0.4, 0.5) is 0 Å². The first-order chi connectivity index (χ1) is 15.7. The first-order valence-corrected chi connectivity index (χ1v) is 12.7. The van der Waals surface area contributed by atoms with E-state index in [1.165, 1.54) is 49.9 Å². The number of nitrogens with one attached hydrogen (secondary N) is 1. The fraction of sp³-hybridized carbons (Fsp3) is 0.731. The lowest BCUT2D eigenvalue weighted by Crippen LogP contribution is -2.49. The summed E-state index contributed by atoms with van der Waals surface area (Å²) in [6, 6.07) is 9.45. The Morgan fingerprint density at radius 2 is 1.81 bits per heavy atom. The Balaban J connectivity index is 1.26. The van der Waals surface area contributed by atoms with E-state index in [0.29, 0.717) is 18.2 Å². The van der Waals surface area contributed by atoms with E-state index in [-0.39, 0.29) is 0 Å². The molecule has 2 atom stereocenters. The second kappa shape index (κ2) is 12.0. The molecule has 3 heterocycles. The smallest absolute Gasteiger partial charge is 0.193 e. The van der Waals surface area contributed by atoms with Gasteiger partial charge in [0.1, 0.15) is 0 Å². The molecule has 6 nitrogen and oxygen atoms in total. The number of benzene rings is 1. The van der Waals surface area contributed by atoms with Crippen LogP contribution in [0.25, 0.3) is 0 Å². The van der Waals surface area contributed by atoms with Crippen molar-refractivity contribution in [3.8, 4) is 0 Å². The molecule has 2 unspecified atom stereocenters. The third-order valence-corrected chi connectivity index (χ3v) is 7.24. The first kappa shape index (κ1) is 23.5. The lowest BCUT2D eigenvalue weighted by atomic mass is 10.0. The molecule has 0 bridgehead atoms. The van der Waals surface area contributed by atoms with Gasteiger partial charge in [0.15, 0.2) is 5.96 Å². The van der Waals surface area contributed by atoms with Crippen LogP contribution in [0.2, 0.25) is 0 Å². The minimum absolute atomic E-state index is 0.306. The highest BCUT2D eigenvalue weighted by Crippen LogP contribution is 2.25. The summed E-state index contributed by atoms with van der Waals surface area (Å²) in [5, 5.41) is 3.70. The zero-order valence-electron chi connectivity index (χ0n) is 20.1. The van der Waals surface area contributed by atoms with Crippen molar-refractivity contribution in [3.05, 3.63) is 35.4 Å². The first-order valence-electron chi connectivity index (χ1n) is 12.7. The van der Waals surface area contributed by atoms with Crippen LogP contribution in [0.15, 0.2) is 29.3 Å². The summed E-state index contributed by atoms with van der Waals surface area (Å²) in [7, 11) is 1.90. The monoisotopic (exact) mass is 442 g/mol. The van der Waals surface area contributed by atoms with E-state index in [1.54, 1.807) is 0 Å². The van der Waals surface area contributed by atoms with Crippen LogP contribution >= 0.6 is 0 Å². The predicted octanol–water partition coefficient (Wildman–Crippen LogP) is 3.76. The average molecular weight is 443 g/mol. The molecule has 1 N–H and O–H groups in total. The summed E-state index contributed by atoms with van der Waals surface area (Å²) in [5.41, 5.74) is 2.72. The van der Waals surface area contributed by atoms with Crippen LogP contribution in [0, 0.1) is 6.92 Å². The molecule has 1 aromatic carbocycles. The van der Waals surface area contributed by atoms with Gasteiger partial charge in [0.25, 0.3) is 0 Å². The number of aryl methyl sites for hydroxylation is 1. The summed E-state index contributed by atoms with van der Waals surface area (Å²) in [4.78, 5) is 9.63. The van der Waals surface area contributed by atoms with Gasteiger partial charge in [-0.3, -0.25) is 9.89 Å². The number of rotatable bonds is 7. The fourth-order valence-electron chi connectivity index (χ4n) is 5.24. The van der Waals surface area contributed by atoms with Gasteiger partial charge in [0.2, 0.25) is 0 Å². The van der Waals surface area contributed by atoms with Gasteiger partial charge in [-0.05, 0) is 70.5 Å². The van der Waals surface area contributed by atoms with Crippen molar-refractivity contribution in [2.45, 2.75) is 70.1 Å². The van der Waals surface area contributed by atoms with Gasteiger partial charge < -0.3 is 19.7 Å². The van der Waals surface area contributed by atoms with Crippen molar-refractivity contribution in [2.75, 3.05) is 53.0 Å². The lowest BCUT2D eigenvalue weighted by molar-refractivity contribution is -0.0721. The van der Waals surface area contributed by atoms with Crippen LogP contribution in [-0.2, 0) is 9.47 Å². The van der Waals surface area contributed by atoms with E-state index in [1.807, 2.05) is 7.05 Å². The van der Waals surface area contributed by atoms with Crippen molar-refractivity contribution in [3.63, 3.8) is 0 Å². The largest absolute Gasteiger partial charge is 0.376 e.